The fourth-order valence-corrected chi connectivity index (χ4v) is 1.74. The lowest BCUT2D eigenvalue weighted by Crippen LogP contribution is -2.47. The van der Waals surface area contributed by atoms with Gasteiger partial charge in [0.15, 0.2) is 0 Å². The molecule has 0 aliphatic rings. The van der Waals surface area contributed by atoms with E-state index in [0.29, 0.717) is 0 Å². The molecule has 0 aromatic heterocycles. The van der Waals surface area contributed by atoms with Gasteiger partial charge in [0.05, 0.1) is 4.47 Å². The van der Waals surface area contributed by atoms with Gasteiger partial charge in [-0.15, -0.1) is 0 Å². The third-order valence-corrected chi connectivity index (χ3v) is 3.02. The first-order chi connectivity index (χ1) is 7.77. The smallest absolute Gasteiger partial charge is 0.271 e. The molecule has 0 fully saturated rings. The molecule has 0 bridgehead atoms. The van der Waals surface area contributed by atoms with E-state index in [2.05, 4.69) is 15.9 Å². The maximum atomic E-state index is 13.5. The quantitative estimate of drug-likeness (QED) is 0.292. The van der Waals surface area contributed by atoms with Crippen molar-refractivity contribution in [1.29, 1.82) is 0 Å². The van der Waals surface area contributed by atoms with E-state index in [9.17, 15) is 17.6 Å². The topological polar surface area (TPSA) is 38.0 Å². The first-order valence-corrected chi connectivity index (χ1v) is 5.59. The number of hydrazine groups is 1. The van der Waals surface area contributed by atoms with E-state index in [0.717, 1.165) is 12.1 Å². The Morgan fingerprint density at radius 2 is 2.00 bits per heavy atom. The third kappa shape index (κ3) is 3.54. The first-order valence-electron chi connectivity index (χ1n) is 4.42. The van der Waals surface area contributed by atoms with Crippen LogP contribution in [0.2, 0.25) is 0 Å². The van der Waals surface area contributed by atoms with Crippen molar-refractivity contribution in [2.45, 2.75) is 17.8 Å². The third-order valence-electron chi connectivity index (χ3n) is 2.14. The number of halogens is 6. The van der Waals surface area contributed by atoms with Crippen molar-refractivity contribution in [1.82, 2.24) is 5.43 Å². The molecular formula is C9H8BrClF4N2. The normalized spacial score (nSPS) is 13.8. The van der Waals surface area contributed by atoms with Gasteiger partial charge in [-0.1, -0.05) is 0 Å². The first kappa shape index (κ1) is 14.7. The van der Waals surface area contributed by atoms with E-state index in [1.54, 1.807) is 5.43 Å². The van der Waals surface area contributed by atoms with Crippen LogP contribution in [-0.4, -0.2) is 11.4 Å². The zero-order valence-electron chi connectivity index (χ0n) is 8.28. The average molecular weight is 336 g/mol. The number of alkyl halides is 3. The van der Waals surface area contributed by atoms with Gasteiger partial charge in [0.25, 0.3) is 0 Å². The van der Waals surface area contributed by atoms with Gasteiger partial charge >= 0.3 is 5.38 Å². The number of rotatable bonds is 4. The monoisotopic (exact) mass is 334 g/mol. The lowest BCUT2D eigenvalue weighted by Gasteiger charge is -2.21. The van der Waals surface area contributed by atoms with Crippen LogP contribution in [-0.2, 0) is 6.42 Å². The summed E-state index contributed by atoms with van der Waals surface area (Å²) in [5.74, 6) is 2.98. The van der Waals surface area contributed by atoms with E-state index in [1.807, 2.05) is 0 Å². The van der Waals surface area contributed by atoms with Crippen molar-refractivity contribution >= 4 is 27.5 Å². The minimum absolute atomic E-state index is 0.0254. The molecule has 0 amide bonds. The number of nitrogens with one attached hydrogen (secondary N) is 1. The average Bonchev–Trinajstić information content (AvgIpc) is 2.22. The molecular weight excluding hydrogens is 327 g/mol. The van der Waals surface area contributed by atoms with Gasteiger partial charge in [0, 0.05) is 12.0 Å². The maximum absolute atomic E-state index is 13.5. The van der Waals surface area contributed by atoms with Crippen LogP contribution in [0.5, 0.6) is 0 Å². The highest BCUT2D eigenvalue weighted by molar-refractivity contribution is 9.10. The molecule has 1 atom stereocenters. The summed E-state index contributed by atoms with van der Waals surface area (Å²) >= 11 is 7.59. The fourth-order valence-electron chi connectivity index (χ4n) is 1.23. The molecule has 0 radical (unpaired) electrons. The summed E-state index contributed by atoms with van der Waals surface area (Å²) in [4.78, 5) is 0. The van der Waals surface area contributed by atoms with E-state index in [1.165, 1.54) is 0 Å². The predicted molar refractivity (Wildman–Crippen MR) is 59.7 cm³/mol. The van der Waals surface area contributed by atoms with E-state index in [-0.39, 0.29) is 4.47 Å². The van der Waals surface area contributed by atoms with E-state index >= 15 is 0 Å². The van der Waals surface area contributed by atoms with Crippen molar-refractivity contribution in [3.05, 3.63) is 33.8 Å². The Labute approximate surface area is 108 Å². The summed E-state index contributed by atoms with van der Waals surface area (Å²) in [6.45, 7) is 0. The zero-order valence-corrected chi connectivity index (χ0v) is 10.6. The van der Waals surface area contributed by atoms with Crippen LogP contribution in [0.15, 0.2) is 16.6 Å². The van der Waals surface area contributed by atoms with Crippen molar-refractivity contribution in [2.75, 3.05) is 0 Å². The van der Waals surface area contributed by atoms with Crippen LogP contribution >= 0.6 is 27.5 Å². The summed E-state index contributed by atoms with van der Waals surface area (Å²) in [5, 5.41) is -3.71. The minimum Gasteiger partial charge on any atom is -0.271 e. The van der Waals surface area contributed by atoms with Gasteiger partial charge in [-0.25, -0.2) is 14.2 Å². The van der Waals surface area contributed by atoms with Crippen LogP contribution in [0.25, 0.3) is 0 Å². The molecule has 0 aliphatic heterocycles. The molecule has 1 aromatic rings. The predicted octanol–water partition coefficient (Wildman–Crippen LogP) is 2.93. The molecule has 1 aromatic carbocycles. The van der Waals surface area contributed by atoms with Gasteiger partial charge in [0.1, 0.15) is 17.7 Å². The Bertz CT molecular complexity index is 411. The molecule has 1 unspecified atom stereocenters. The standard InChI is InChI=1S/C9H8BrClF4N2/c10-5-1-2-6(12)4(8(5)13)3-7(17-16)9(11,14)15/h1-2,7,17H,3,16H2. The number of benzene rings is 1. The molecule has 0 saturated heterocycles. The summed E-state index contributed by atoms with van der Waals surface area (Å²) in [6.07, 6.45) is -0.676. The number of hydrogen-bond acceptors (Lipinski definition) is 2. The Morgan fingerprint density at radius 1 is 1.41 bits per heavy atom. The van der Waals surface area contributed by atoms with Gasteiger partial charge in [-0.3, -0.25) is 5.84 Å². The van der Waals surface area contributed by atoms with E-state index < -0.39 is 35.0 Å². The van der Waals surface area contributed by atoms with Crippen LogP contribution in [0.3, 0.4) is 0 Å². The molecule has 0 aliphatic carbocycles. The number of hydrogen-bond donors (Lipinski definition) is 2. The lowest BCUT2D eigenvalue weighted by molar-refractivity contribution is 0.0496. The minimum atomic E-state index is -3.71. The molecule has 2 nitrogen and oxygen atoms in total. The second kappa shape index (κ2) is 5.51. The van der Waals surface area contributed by atoms with Crippen LogP contribution in [0.4, 0.5) is 17.6 Å². The van der Waals surface area contributed by atoms with E-state index in [4.69, 9.17) is 17.4 Å². The molecule has 1 rings (SSSR count). The second-order valence-electron chi connectivity index (χ2n) is 3.29. The van der Waals surface area contributed by atoms with Gasteiger partial charge < -0.3 is 0 Å². The molecule has 96 valence electrons. The Balaban J connectivity index is 3.06. The molecule has 0 saturated carbocycles. The highest BCUT2D eigenvalue weighted by atomic mass is 79.9. The van der Waals surface area contributed by atoms with Crippen molar-refractivity contribution in [2.24, 2.45) is 5.84 Å². The largest absolute Gasteiger partial charge is 0.338 e. The zero-order chi connectivity index (χ0) is 13.2. The molecule has 8 heteroatoms. The Kier molecular flexibility index (Phi) is 4.77. The summed E-state index contributed by atoms with van der Waals surface area (Å²) in [6, 6.07) is 0.322. The highest BCUT2D eigenvalue weighted by Crippen LogP contribution is 2.29. The summed E-state index contributed by atoms with van der Waals surface area (Å²) in [7, 11) is 0. The molecule has 0 heterocycles. The summed E-state index contributed by atoms with van der Waals surface area (Å²) in [5.41, 5.74) is 1.22. The highest BCUT2D eigenvalue weighted by Gasteiger charge is 2.37. The maximum Gasteiger partial charge on any atom is 0.338 e. The second-order valence-corrected chi connectivity index (χ2v) is 4.65. The van der Waals surface area contributed by atoms with Gasteiger partial charge in [-0.05, 0) is 39.7 Å². The van der Waals surface area contributed by atoms with Crippen molar-refractivity contribution < 1.29 is 17.6 Å². The van der Waals surface area contributed by atoms with Crippen molar-refractivity contribution in [3.8, 4) is 0 Å². The molecule has 0 spiro atoms. The SMILES string of the molecule is NNC(Cc1c(F)ccc(Br)c1F)C(F)(F)Cl. The Morgan fingerprint density at radius 3 is 2.47 bits per heavy atom. The number of nitrogens with two attached hydrogens (primary N) is 1. The molecule has 3 N–H and O–H groups in total. The fraction of sp³-hybridized carbons (Fsp3) is 0.333. The summed E-state index contributed by atoms with van der Waals surface area (Å²) < 4.78 is 52.4. The molecule has 17 heavy (non-hydrogen) atoms. The lowest BCUT2D eigenvalue weighted by atomic mass is 10.1. The van der Waals surface area contributed by atoms with Gasteiger partial charge in [0.2, 0.25) is 0 Å². The van der Waals surface area contributed by atoms with Crippen molar-refractivity contribution in [3.63, 3.8) is 0 Å². The van der Waals surface area contributed by atoms with Crippen LogP contribution in [0, 0.1) is 11.6 Å². The van der Waals surface area contributed by atoms with Crippen LogP contribution in [0.1, 0.15) is 5.56 Å². The Hall–Kier alpha value is -0.370. The van der Waals surface area contributed by atoms with Crippen LogP contribution < -0.4 is 11.3 Å². The van der Waals surface area contributed by atoms with Gasteiger partial charge in [-0.2, -0.15) is 8.78 Å².